The van der Waals surface area contributed by atoms with Crippen molar-refractivity contribution >= 4 is 6.29 Å². The highest BCUT2D eigenvalue weighted by molar-refractivity contribution is 5.56. The summed E-state index contributed by atoms with van der Waals surface area (Å²) < 4.78 is 5.56. The molecule has 0 heterocycles. The quantitative estimate of drug-likeness (QED) is 0.572. The monoisotopic (exact) mass is 267 g/mol. The maximum atomic E-state index is 11.7. The summed E-state index contributed by atoms with van der Waals surface area (Å²) in [6.07, 6.45) is 11.8. The first kappa shape index (κ1) is 16.7. The Morgan fingerprint density at radius 3 is 2.37 bits per heavy atom. The molecule has 19 heavy (non-hydrogen) atoms. The van der Waals surface area contributed by atoms with Crippen LogP contribution in [0.1, 0.15) is 71.6 Å². The molecule has 2 atom stereocenters. The van der Waals surface area contributed by atoms with E-state index < -0.39 is 0 Å². The van der Waals surface area contributed by atoms with Crippen molar-refractivity contribution in [1.82, 2.24) is 0 Å². The summed E-state index contributed by atoms with van der Waals surface area (Å²) in [6, 6.07) is 0. The van der Waals surface area contributed by atoms with Gasteiger partial charge in [0.05, 0.1) is 6.61 Å². The average Bonchev–Trinajstić information content (AvgIpc) is 2.45. The Hall–Kier alpha value is -0.370. The maximum Gasteiger partial charge on any atom is 0.123 e. The molecule has 0 bridgehead atoms. The van der Waals surface area contributed by atoms with Gasteiger partial charge in [0.1, 0.15) is 6.29 Å². The van der Waals surface area contributed by atoms with Crippen LogP contribution in [0.2, 0.25) is 0 Å². The van der Waals surface area contributed by atoms with E-state index in [-0.39, 0.29) is 11.3 Å². The third-order valence-electron chi connectivity index (χ3n) is 4.73. The second-order valence-corrected chi connectivity index (χ2v) is 6.03. The number of carbonyl (C=O) groups excluding carboxylic acids is 1. The van der Waals surface area contributed by atoms with E-state index in [4.69, 9.17) is 4.74 Å². The van der Waals surface area contributed by atoms with Crippen LogP contribution < -0.4 is 0 Å². The van der Waals surface area contributed by atoms with Gasteiger partial charge in [-0.3, -0.25) is 0 Å². The Kier molecular flexibility index (Phi) is 7.67. The Bertz CT molecular complexity index is 238. The van der Waals surface area contributed by atoms with E-state index in [0.717, 1.165) is 32.3 Å². The summed E-state index contributed by atoms with van der Waals surface area (Å²) in [5.41, 5.74) is 0.0156. The number of hydrogen-bond acceptors (Lipinski definition) is 2. The topological polar surface area (TPSA) is 26.3 Å². The second-order valence-electron chi connectivity index (χ2n) is 6.03. The molecule has 1 saturated carbocycles. The summed E-state index contributed by atoms with van der Waals surface area (Å²) in [5.74, 6) is 1.76. The molecule has 1 radical (unpaired) electrons. The first-order chi connectivity index (χ1) is 9.25. The van der Waals surface area contributed by atoms with E-state index in [9.17, 15) is 4.79 Å². The van der Waals surface area contributed by atoms with Gasteiger partial charge in [-0.2, -0.15) is 0 Å². The highest BCUT2D eigenvalue weighted by atomic mass is 16.5. The zero-order chi connectivity index (χ0) is 14.1. The van der Waals surface area contributed by atoms with Crippen LogP contribution in [0.3, 0.4) is 0 Å². The molecular formula is C17H31O2. The Labute approximate surface area is 119 Å². The van der Waals surface area contributed by atoms with Crippen LogP contribution in [0.4, 0.5) is 0 Å². The lowest BCUT2D eigenvalue weighted by Crippen LogP contribution is -2.42. The van der Waals surface area contributed by atoms with Crippen molar-refractivity contribution in [2.24, 2.45) is 11.3 Å². The number of methoxy groups -OCH3 is 1. The molecule has 1 rings (SSSR count). The van der Waals surface area contributed by atoms with Gasteiger partial charge in [-0.05, 0) is 31.6 Å². The molecule has 0 amide bonds. The number of carbonyl (C=O) groups is 1. The lowest BCUT2D eigenvalue weighted by atomic mass is 9.60. The van der Waals surface area contributed by atoms with Crippen molar-refractivity contribution in [2.45, 2.75) is 71.6 Å². The molecule has 111 valence electrons. The van der Waals surface area contributed by atoms with Gasteiger partial charge in [0.25, 0.3) is 0 Å². The minimum Gasteiger partial charge on any atom is -0.384 e. The van der Waals surface area contributed by atoms with Gasteiger partial charge in [-0.1, -0.05) is 46.0 Å². The predicted molar refractivity (Wildman–Crippen MR) is 80.0 cm³/mol. The Balaban J connectivity index is 2.98. The molecule has 1 aliphatic rings. The molecule has 2 unspecified atom stereocenters. The van der Waals surface area contributed by atoms with Crippen LogP contribution >= 0.6 is 0 Å². The van der Waals surface area contributed by atoms with Crippen LogP contribution in [0, 0.1) is 17.3 Å². The first-order valence-electron chi connectivity index (χ1n) is 8.04. The molecule has 0 aliphatic heterocycles. The molecule has 0 saturated heterocycles. The number of aldehydes is 1. The van der Waals surface area contributed by atoms with Crippen LogP contribution in [0.15, 0.2) is 0 Å². The van der Waals surface area contributed by atoms with Crippen molar-refractivity contribution in [3.8, 4) is 0 Å². The summed E-state index contributed by atoms with van der Waals surface area (Å²) in [6.45, 7) is 5.12. The Morgan fingerprint density at radius 2 is 1.89 bits per heavy atom. The molecule has 0 aromatic rings. The standard InChI is InChI=1S/C17H31O2/c1-4-9-16(13-18)17(12-5-2,14-19-3)15-10-7-6-8-11-15/h13,16H,4-12,14H2,1-3H3. The van der Waals surface area contributed by atoms with Gasteiger partial charge in [0, 0.05) is 18.4 Å². The fourth-order valence-corrected chi connectivity index (χ4v) is 3.87. The second kappa shape index (κ2) is 8.73. The minimum absolute atomic E-state index is 0.0156. The molecule has 0 aromatic heterocycles. The third kappa shape index (κ3) is 4.05. The van der Waals surface area contributed by atoms with Crippen molar-refractivity contribution in [3.63, 3.8) is 0 Å². The van der Waals surface area contributed by atoms with Gasteiger partial charge in [-0.15, -0.1) is 0 Å². The maximum absolute atomic E-state index is 11.7. The van der Waals surface area contributed by atoms with Crippen molar-refractivity contribution < 1.29 is 9.53 Å². The van der Waals surface area contributed by atoms with Gasteiger partial charge in [-0.25, -0.2) is 0 Å². The minimum atomic E-state index is 0.0156. The first-order valence-corrected chi connectivity index (χ1v) is 8.04. The molecule has 1 fully saturated rings. The van der Waals surface area contributed by atoms with Crippen LogP contribution in [0.25, 0.3) is 0 Å². The van der Waals surface area contributed by atoms with E-state index in [0.29, 0.717) is 0 Å². The van der Waals surface area contributed by atoms with Gasteiger partial charge >= 0.3 is 0 Å². The lowest BCUT2D eigenvalue weighted by molar-refractivity contribution is -0.117. The van der Waals surface area contributed by atoms with Crippen molar-refractivity contribution in [3.05, 3.63) is 5.92 Å². The van der Waals surface area contributed by atoms with Crippen molar-refractivity contribution in [2.75, 3.05) is 13.7 Å². The van der Waals surface area contributed by atoms with Crippen LogP contribution in [-0.4, -0.2) is 20.0 Å². The molecule has 2 nitrogen and oxygen atoms in total. The zero-order valence-corrected chi connectivity index (χ0v) is 13.0. The van der Waals surface area contributed by atoms with Crippen LogP contribution in [0.5, 0.6) is 0 Å². The lowest BCUT2D eigenvalue weighted by Gasteiger charge is -2.45. The third-order valence-corrected chi connectivity index (χ3v) is 4.73. The SMILES string of the molecule is CCCC(C=O)C(CCC)(COC)[C]1CCCCC1. The highest BCUT2D eigenvalue weighted by Crippen LogP contribution is 2.49. The summed E-state index contributed by atoms with van der Waals surface area (Å²) in [4.78, 5) is 11.7. The molecule has 0 N–H and O–H groups in total. The van der Waals surface area contributed by atoms with Gasteiger partial charge in [0.15, 0.2) is 0 Å². The largest absolute Gasteiger partial charge is 0.384 e. The van der Waals surface area contributed by atoms with E-state index in [1.165, 1.54) is 38.4 Å². The summed E-state index contributed by atoms with van der Waals surface area (Å²) in [7, 11) is 1.78. The van der Waals surface area contributed by atoms with E-state index in [1.807, 2.05) is 0 Å². The molecular weight excluding hydrogens is 236 g/mol. The summed E-state index contributed by atoms with van der Waals surface area (Å²) in [5, 5.41) is 0. The molecule has 0 aromatic carbocycles. The highest BCUT2D eigenvalue weighted by Gasteiger charge is 2.44. The van der Waals surface area contributed by atoms with E-state index in [1.54, 1.807) is 13.0 Å². The number of rotatable bonds is 9. The molecule has 0 spiro atoms. The Morgan fingerprint density at radius 1 is 1.21 bits per heavy atom. The van der Waals surface area contributed by atoms with E-state index >= 15 is 0 Å². The number of ether oxygens (including phenoxy) is 1. The number of hydrogen-bond donors (Lipinski definition) is 0. The van der Waals surface area contributed by atoms with Gasteiger partial charge in [0.2, 0.25) is 0 Å². The fourth-order valence-electron chi connectivity index (χ4n) is 3.87. The predicted octanol–water partition coefficient (Wildman–Crippen LogP) is 4.57. The van der Waals surface area contributed by atoms with Gasteiger partial charge < -0.3 is 9.53 Å². The molecule has 1 aliphatic carbocycles. The zero-order valence-electron chi connectivity index (χ0n) is 13.0. The normalized spacial score (nSPS) is 21.8. The smallest absolute Gasteiger partial charge is 0.123 e. The fraction of sp³-hybridized carbons (Fsp3) is 0.882. The van der Waals surface area contributed by atoms with E-state index in [2.05, 4.69) is 13.8 Å². The average molecular weight is 267 g/mol. The van der Waals surface area contributed by atoms with Crippen LogP contribution in [-0.2, 0) is 9.53 Å². The molecule has 2 heteroatoms. The summed E-state index contributed by atoms with van der Waals surface area (Å²) >= 11 is 0. The van der Waals surface area contributed by atoms with Crippen molar-refractivity contribution in [1.29, 1.82) is 0 Å².